The number of aryl methyl sites for hydroxylation is 1. The number of fused-ring (bicyclic) bond motifs is 2. The summed E-state index contributed by atoms with van der Waals surface area (Å²) in [6, 6.07) is 5.98. The Morgan fingerprint density at radius 1 is 1.17 bits per heavy atom. The minimum Gasteiger partial charge on any atom is -0.550 e. The van der Waals surface area contributed by atoms with Crippen LogP contribution in [0.25, 0.3) is 0 Å². The third-order valence-electron chi connectivity index (χ3n) is 5.67. The van der Waals surface area contributed by atoms with E-state index in [2.05, 4.69) is 19.2 Å². The molecule has 4 heteroatoms. The van der Waals surface area contributed by atoms with Gasteiger partial charge in [0.2, 0.25) is 5.91 Å². The minimum atomic E-state index is -1.06. The van der Waals surface area contributed by atoms with Crippen molar-refractivity contribution in [3.8, 4) is 0 Å². The van der Waals surface area contributed by atoms with E-state index in [1.165, 1.54) is 0 Å². The summed E-state index contributed by atoms with van der Waals surface area (Å²) >= 11 is 0. The van der Waals surface area contributed by atoms with E-state index in [0.29, 0.717) is 5.92 Å². The van der Waals surface area contributed by atoms with E-state index < -0.39 is 17.8 Å². The Balaban J connectivity index is 1.87. The second kappa shape index (κ2) is 5.99. The number of carbonyl (C=O) groups is 2. The topological polar surface area (TPSA) is 69.2 Å². The predicted octanol–water partition coefficient (Wildman–Crippen LogP) is 2.47. The number of hydrogen-bond acceptors (Lipinski definition) is 3. The van der Waals surface area contributed by atoms with E-state index in [9.17, 15) is 14.7 Å². The first-order valence-corrected chi connectivity index (χ1v) is 8.51. The first-order valence-electron chi connectivity index (χ1n) is 8.51. The molecular formula is C19H24NO3-. The molecule has 3 rings (SSSR count). The van der Waals surface area contributed by atoms with E-state index in [1.807, 2.05) is 25.1 Å². The average Bonchev–Trinajstić information content (AvgIpc) is 3.09. The van der Waals surface area contributed by atoms with Crippen LogP contribution < -0.4 is 10.4 Å². The highest BCUT2D eigenvalue weighted by molar-refractivity contribution is 5.97. The zero-order valence-electron chi connectivity index (χ0n) is 14.0. The van der Waals surface area contributed by atoms with Crippen LogP contribution in [0.15, 0.2) is 18.2 Å². The van der Waals surface area contributed by atoms with Gasteiger partial charge in [0.15, 0.2) is 0 Å². The van der Waals surface area contributed by atoms with Gasteiger partial charge in [-0.05, 0) is 55.1 Å². The predicted molar refractivity (Wildman–Crippen MR) is 86.7 cm³/mol. The van der Waals surface area contributed by atoms with Gasteiger partial charge in [0.25, 0.3) is 0 Å². The second-order valence-corrected chi connectivity index (χ2v) is 7.39. The van der Waals surface area contributed by atoms with Gasteiger partial charge in [-0.1, -0.05) is 32.0 Å². The fraction of sp³-hybridized carbons (Fsp3) is 0.579. The van der Waals surface area contributed by atoms with Crippen LogP contribution in [-0.4, -0.2) is 11.9 Å². The maximum Gasteiger partial charge on any atom is 0.228 e. The van der Waals surface area contributed by atoms with Crippen LogP contribution in [0.4, 0.5) is 5.69 Å². The molecule has 0 aliphatic heterocycles. The van der Waals surface area contributed by atoms with Crippen molar-refractivity contribution in [1.82, 2.24) is 0 Å². The fourth-order valence-electron chi connectivity index (χ4n) is 4.56. The standard InChI is InChI=1S/C19H25NO3/c1-10(2)14-6-4-5-11(3)17(14)20-18(21)15-12-7-8-13(9-12)16(15)19(22)23/h4-6,10,12-13,15-16H,7-9H2,1-3H3,(H,20,21)(H,22,23)/p-1/t12-,13-,15+,16-/m0/s1. The zero-order chi connectivity index (χ0) is 16.7. The molecule has 124 valence electrons. The monoisotopic (exact) mass is 314 g/mol. The molecule has 1 N–H and O–H groups in total. The molecule has 0 saturated heterocycles. The highest BCUT2D eigenvalue weighted by Crippen LogP contribution is 2.52. The number of nitrogens with one attached hydrogen (secondary N) is 1. The van der Waals surface area contributed by atoms with Crippen molar-refractivity contribution in [1.29, 1.82) is 0 Å². The van der Waals surface area contributed by atoms with Gasteiger partial charge in [-0.2, -0.15) is 0 Å². The summed E-state index contributed by atoms with van der Waals surface area (Å²) < 4.78 is 0. The molecular weight excluding hydrogens is 290 g/mol. The van der Waals surface area contributed by atoms with Crippen molar-refractivity contribution in [2.75, 3.05) is 5.32 Å². The molecule has 2 fully saturated rings. The molecule has 1 aromatic rings. The van der Waals surface area contributed by atoms with Crippen LogP contribution in [0.5, 0.6) is 0 Å². The highest BCUT2D eigenvalue weighted by atomic mass is 16.4. The molecule has 2 aliphatic rings. The molecule has 2 bridgehead atoms. The Labute approximate surface area is 137 Å². The number of anilines is 1. The second-order valence-electron chi connectivity index (χ2n) is 7.39. The summed E-state index contributed by atoms with van der Waals surface area (Å²) in [6.45, 7) is 6.15. The van der Waals surface area contributed by atoms with Crippen molar-refractivity contribution in [2.45, 2.75) is 46.0 Å². The van der Waals surface area contributed by atoms with E-state index >= 15 is 0 Å². The molecule has 4 atom stereocenters. The van der Waals surface area contributed by atoms with Gasteiger partial charge in [-0.3, -0.25) is 4.79 Å². The number of carbonyl (C=O) groups excluding carboxylic acids is 2. The minimum absolute atomic E-state index is 0.113. The number of carboxylic acid groups (broad SMARTS) is 1. The Morgan fingerprint density at radius 2 is 1.83 bits per heavy atom. The van der Waals surface area contributed by atoms with Crippen LogP contribution >= 0.6 is 0 Å². The molecule has 0 radical (unpaired) electrons. The Kier molecular flexibility index (Phi) is 4.17. The first kappa shape index (κ1) is 16.0. The van der Waals surface area contributed by atoms with Gasteiger partial charge in [0, 0.05) is 23.5 Å². The Bertz CT molecular complexity index is 638. The summed E-state index contributed by atoms with van der Waals surface area (Å²) in [5.41, 5.74) is 2.94. The van der Waals surface area contributed by atoms with E-state index in [1.54, 1.807) is 0 Å². The largest absolute Gasteiger partial charge is 0.550 e. The maximum atomic E-state index is 12.8. The SMILES string of the molecule is Cc1cccc(C(C)C)c1NC(=O)[C@@H]1[C@H]2CC[C@@H](C2)[C@@H]1C(=O)[O-]. The smallest absolute Gasteiger partial charge is 0.228 e. The van der Waals surface area contributed by atoms with Crippen molar-refractivity contribution in [3.05, 3.63) is 29.3 Å². The number of benzene rings is 1. The lowest BCUT2D eigenvalue weighted by Crippen LogP contribution is -2.44. The lowest BCUT2D eigenvalue weighted by atomic mass is 9.78. The maximum absolute atomic E-state index is 12.8. The summed E-state index contributed by atoms with van der Waals surface area (Å²) in [6.07, 6.45) is 2.72. The lowest BCUT2D eigenvalue weighted by molar-refractivity contribution is -0.314. The third kappa shape index (κ3) is 2.75. The first-order chi connectivity index (χ1) is 10.9. The molecule has 4 nitrogen and oxygen atoms in total. The zero-order valence-corrected chi connectivity index (χ0v) is 14.0. The summed E-state index contributed by atoms with van der Waals surface area (Å²) in [5.74, 6) is -1.69. The Morgan fingerprint density at radius 3 is 2.43 bits per heavy atom. The summed E-state index contributed by atoms with van der Waals surface area (Å²) in [4.78, 5) is 24.4. The highest BCUT2D eigenvalue weighted by Gasteiger charge is 2.51. The van der Waals surface area contributed by atoms with E-state index in [-0.39, 0.29) is 17.7 Å². The molecule has 0 spiro atoms. The van der Waals surface area contributed by atoms with Gasteiger partial charge in [0.1, 0.15) is 0 Å². The van der Waals surface area contributed by atoms with Crippen LogP contribution in [0.3, 0.4) is 0 Å². The molecule has 0 heterocycles. The molecule has 1 amide bonds. The van der Waals surface area contributed by atoms with Crippen LogP contribution in [0, 0.1) is 30.6 Å². The molecule has 1 aromatic carbocycles. The lowest BCUT2D eigenvalue weighted by Gasteiger charge is -2.31. The van der Waals surface area contributed by atoms with Crippen LogP contribution in [-0.2, 0) is 9.59 Å². The quantitative estimate of drug-likeness (QED) is 0.928. The fourth-order valence-corrected chi connectivity index (χ4v) is 4.56. The van der Waals surface area contributed by atoms with Crippen molar-refractivity contribution >= 4 is 17.6 Å². The number of carboxylic acids is 1. The molecule has 0 aromatic heterocycles. The van der Waals surface area contributed by atoms with Crippen molar-refractivity contribution in [3.63, 3.8) is 0 Å². The number of para-hydroxylation sites is 1. The number of amides is 1. The van der Waals surface area contributed by atoms with Gasteiger partial charge < -0.3 is 15.2 Å². The van der Waals surface area contributed by atoms with Crippen LogP contribution in [0.1, 0.15) is 50.2 Å². The average molecular weight is 314 g/mol. The Hall–Kier alpha value is -1.84. The third-order valence-corrected chi connectivity index (χ3v) is 5.67. The summed E-state index contributed by atoms with van der Waals surface area (Å²) in [5, 5.41) is 14.6. The van der Waals surface area contributed by atoms with Gasteiger partial charge >= 0.3 is 0 Å². The molecule has 2 aliphatic carbocycles. The molecule has 2 saturated carbocycles. The normalized spacial score (nSPS) is 29.0. The summed E-state index contributed by atoms with van der Waals surface area (Å²) in [7, 11) is 0. The van der Waals surface area contributed by atoms with E-state index in [4.69, 9.17) is 0 Å². The van der Waals surface area contributed by atoms with Crippen molar-refractivity contribution < 1.29 is 14.7 Å². The van der Waals surface area contributed by atoms with Crippen molar-refractivity contribution in [2.24, 2.45) is 23.7 Å². The number of rotatable bonds is 4. The van der Waals surface area contributed by atoms with E-state index in [0.717, 1.165) is 36.1 Å². The van der Waals surface area contributed by atoms with Gasteiger partial charge in [-0.15, -0.1) is 0 Å². The molecule has 0 unspecified atom stereocenters. The molecule has 23 heavy (non-hydrogen) atoms. The number of aliphatic carboxylic acids is 1. The van der Waals surface area contributed by atoms with Gasteiger partial charge in [-0.25, -0.2) is 0 Å². The van der Waals surface area contributed by atoms with Gasteiger partial charge in [0.05, 0.1) is 0 Å². The number of hydrogen-bond donors (Lipinski definition) is 1. The van der Waals surface area contributed by atoms with Crippen LogP contribution in [0.2, 0.25) is 0 Å².